The normalized spacial score (nSPS) is 12.2. The number of alkyl halides is 3. The number of methoxy groups -OCH3 is 1. The molecule has 1 aromatic rings. The molecule has 110 valence electrons. The van der Waals surface area contributed by atoms with Crippen LogP contribution in [0.4, 0.5) is 5.69 Å². The second-order valence-corrected chi connectivity index (χ2v) is 6.36. The lowest BCUT2D eigenvalue weighted by atomic mass is 10.3. The van der Waals surface area contributed by atoms with E-state index in [0.717, 1.165) is 11.4 Å². The fourth-order valence-corrected chi connectivity index (χ4v) is 1.85. The molecule has 1 amide bonds. The molecule has 0 aliphatic carbocycles. The van der Waals surface area contributed by atoms with Gasteiger partial charge in [-0.05, 0) is 36.5 Å². The Hall–Kier alpha value is -0.950. The lowest BCUT2D eigenvalue weighted by Crippen LogP contribution is -2.53. The van der Waals surface area contributed by atoms with E-state index < -0.39 is 9.96 Å². The number of nitrogens with one attached hydrogen (secondary N) is 3. The zero-order valence-electron chi connectivity index (χ0n) is 10.3. The Kier molecular flexibility index (Phi) is 6.61. The third-order valence-electron chi connectivity index (χ3n) is 2.19. The smallest absolute Gasteiger partial charge is 0.228 e. The summed E-state index contributed by atoms with van der Waals surface area (Å²) in [4.78, 5) is 10.5. The first-order valence-corrected chi connectivity index (χ1v) is 6.89. The van der Waals surface area contributed by atoms with E-state index in [1.807, 2.05) is 0 Å². The highest BCUT2D eigenvalue weighted by molar-refractivity contribution is 7.80. The maximum Gasteiger partial charge on any atom is 0.228 e. The highest BCUT2D eigenvalue weighted by Gasteiger charge is 2.32. The topological polar surface area (TPSA) is 62.4 Å². The van der Waals surface area contributed by atoms with Crippen LogP contribution in [0.5, 0.6) is 5.75 Å². The number of carbonyl (C=O) groups is 1. The Morgan fingerprint density at radius 3 is 2.40 bits per heavy atom. The van der Waals surface area contributed by atoms with E-state index in [2.05, 4.69) is 16.0 Å². The van der Waals surface area contributed by atoms with Crippen LogP contribution in [-0.4, -0.2) is 28.6 Å². The van der Waals surface area contributed by atoms with Crippen molar-refractivity contribution in [3.63, 3.8) is 0 Å². The molecule has 0 unspecified atom stereocenters. The molecule has 3 N–H and O–H groups in total. The fourth-order valence-electron chi connectivity index (χ4n) is 1.26. The first-order chi connectivity index (χ1) is 9.36. The Bertz CT molecular complexity index is 465. The summed E-state index contributed by atoms with van der Waals surface area (Å²) in [6, 6.07) is 7.07. The van der Waals surface area contributed by atoms with Gasteiger partial charge in [0.15, 0.2) is 5.11 Å². The molecule has 0 spiro atoms. The summed E-state index contributed by atoms with van der Waals surface area (Å²) < 4.78 is 3.29. The van der Waals surface area contributed by atoms with Crippen LogP contribution in [-0.2, 0) is 4.79 Å². The maximum absolute atomic E-state index is 10.5. The molecule has 0 aromatic heterocycles. The van der Waals surface area contributed by atoms with E-state index in [1.165, 1.54) is 0 Å². The van der Waals surface area contributed by atoms with Gasteiger partial charge in [0.2, 0.25) is 10.2 Å². The quantitative estimate of drug-likeness (QED) is 0.327. The van der Waals surface area contributed by atoms with Gasteiger partial charge in [0.05, 0.1) is 7.11 Å². The molecule has 0 fully saturated rings. The Balaban J connectivity index is 2.62. The van der Waals surface area contributed by atoms with Gasteiger partial charge in [0.1, 0.15) is 11.9 Å². The largest absolute Gasteiger partial charge is 0.497 e. The minimum absolute atomic E-state index is 0.195. The minimum Gasteiger partial charge on any atom is -0.497 e. The number of hydrogen-bond donors (Lipinski definition) is 3. The molecule has 0 aliphatic rings. The van der Waals surface area contributed by atoms with Crippen LogP contribution in [0, 0.1) is 0 Å². The number of amides is 1. The molecule has 1 atom stereocenters. The number of thiocarbonyl (C=S) groups is 1. The molecule has 0 saturated carbocycles. The summed E-state index contributed by atoms with van der Waals surface area (Å²) in [5.41, 5.74) is 0.720. The lowest BCUT2D eigenvalue weighted by molar-refractivity contribution is -0.110. The lowest BCUT2D eigenvalue weighted by Gasteiger charge is -2.26. The van der Waals surface area contributed by atoms with Crippen LogP contribution in [0.2, 0.25) is 0 Å². The highest BCUT2D eigenvalue weighted by Crippen LogP contribution is 2.28. The van der Waals surface area contributed by atoms with Crippen molar-refractivity contribution < 1.29 is 9.53 Å². The number of rotatable bonds is 5. The molecule has 0 saturated heterocycles. The summed E-state index contributed by atoms with van der Waals surface area (Å²) >= 11 is 22.2. The van der Waals surface area contributed by atoms with Gasteiger partial charge in [-0.2, -0.15) is 0 Å². The van der Waals surface area contributed by atoms with Crippen molar-refractivity contribution in [2.45, 2.75) is 9.96 Å². The fraction of sp³-hybridized carbons (Fsp3) is 0.273. The van der Waals surface area contributed by atoms with Crippen molar-refractivity contribution >= 4 is 64.2 Å². The van der Waals surface area contributed by atoms with Crippen LogP contribution >= 0.6 is 47.0 Å². The number of benzene rings is 1. The predicted octanol–water partition coefficient (Wildman–Crippen LogP) is 2.42. The highest BCUT2D eigenvalue weighted by atomic mass is 35.6. The van der Waals surface area contributed by atoms with E-state index in [0.29, 0.717) is 6.41 Å². The van der Waals surface area contributed by atoms with Gasteiger partial charge in [-0.3, -0.25) is 4.79 Å². The van der Waals surface area contributed by atoms with Gasteiger partial charge in [0, 0.05) is 5.69 Å². The van der Waals surface area contributed by atoms with Crippen molar-refractivity contribution in [3.8, 4) is 5.75 Å². The molecular weight excluding hydrogens is 345 g/mol. The van der Waals surface area contributed by atoms with Gasteiger partial charge in [0.25, 0.3) is 0 Å². The summed E-state index contributed by atoms with van der Waals surface area (Å²) in [6.45, 7) is 0. The van der Waals surface area contributed by atoms with Crippen LogP contribution in [0.25, 0.3) is 0 Å². The average molecular weight is 357 g/mol. The molecule has 20 heavy (non-hydrogen) atoms. The summed E-state index contributed by atoms with van der Waals surface area (Å²) in [5, 5.41) is 8.09. The molecule has 0 bridgehead atoms. The maximum atomic E-state index is 10.5. The molecule has 1 aromatic carbocycles. The van der Waals surface area contributed by atoms with E-state index in [4.69, 9.17) is 51.8 Å². The second-order valence-electron chi connectivity index (χ2n) is 3.59. The van der Waals surface area contributed by atoms with Crippen LogP contribution in [0.15, 0.2) is 24.3 Å². The number of anilines is 1. The van der Waals surface area contributed by atoms with E-state index in [1.54, 1.807) is 31.4 Å². The van der Waals surface area contributed by atoms with Crippen molar-refractivity contribution in [3.05, 3.63) is 24.3 Å². The van der Waals surface area contributed by atoms with Crippen LogP contribution in [0.1, 0.15) is 0 Å². The van der Waals surface area contributed by atoms with Crippen LogP contribution < -0.4 is 20.7 Å². The molecule has 0 heterocycles. The third-order valence-corrected chi connectivity index (χ3v) is 3.06. The zero-order valence-corrected chi connectivity index (χ0v) is 13.4. The Labute approximate surface area is 136 Å². The van der Waals surface area contributed by atoms with Gasteiger partial charge in [-0.15, -0.1) is 0 Å². The van der Waals surface area contributed by atoms with Gasteiger partial charge >= 0.3 is 0 Å². The Morgan fingerprint density at radius 2 is 1.95 bits per heavy atom. The number of carbonyl (C=O) groups excluding carboxylic acids is 1. The third kappa shape index (κ3) is 5.58. The van der Waals surface area contributed by atoms with Gasteiger partial charge in [-0.25, -0.2) is 0 Å². The molecule has 1 rings (SSSR count). The SMILES string of the molecule is COc1ccc(NC(=S)N[C@H](NC=O)C(Cl)(Cl)Cl)cc1. The Morgan fingerprint density at radius 1 is 1.35 bits per heavy atom. The zero-order chi connectivity index (χ0) is 15.2. The average Bonchev–Trinajstić information content (AvgIpc) is 2.38. The summed E-state index contributed by atoms with van der Waals surface area (Å²) in [7, 11) is 1.57. The summed E-state index contributed by atoms with van der Waals surface area (Å²) in [5.74, 6) is 0.719. The van der Waals surface area contributed by atoms with Crippen molar-refractivity contribution in [1.29, 1.82) is 0 Å². The second kappa shape index (κ2) is 7.73. The van der Waals surface area contributed by atoms with E-state index in [-0.39, 0.29) is 5.11 Å². The van der Waals surface area contributed by atoms with Crippen molar-refractivity contribution in [2.75, 3.05) is 12.4 Å². The monoisotopic (exact) mass is 355 g/mol. The molecular formula is C11H12Cl3N3O2S. The molecule has 5 nitrogen and oxygen atoms in total. The minimum atomic E-state index is -1.74. The number of halogens is 3. The number of hydrogen-bond acceptors (Lipinski definition) is 3. The van der Waals surface area contributed by atoms with Crippen molar-refractivity contribution in [1.82, 2.24) is 10.6 Å². The van der Waals surface area contributed by atoms with Gasteiger partial charge in [-0.1, -0.05) is 34.8 Å². The standard InChI is InChI=1S/C11H12Cl3N3O2S/c1-19-8-4-2-7(3-5-8)16-10(20)17-9(15-6-18)11(12,13)14/h2-6,9H,1H3,(H,15,18)(H2,16,17,20)/t9-/m0/s1. The van der Waals surface area contributed by atoms with Crippen LogP contribution in [0.3, 0.4) is 0 Å². The van der Waals surface area contributed by atoms with Crippen molar-refractivity contribution in [2.24, 2.45) is 0 Å². The molecule has 9 heteroatoms. The van der Waals surface area contributed by atoms with E-state index in [9.17, 15) is 4.79 Å². The molecule has 0 aliphatic heterocycles. The first kappa shape index (κ1) is 17.1. The number of ether oxygens (including phenoxy) is 1. The van der Waals surface area contributed by atoms with E-state index >= 15 is 0 Å². The molecule has 0 radical (unpaired) electrons. The first-order valence-electron chi connectivity index (χ1n) is 5.35. The predicted molar refractivity (Wildman–Crippen MR) is 85.6 cm³/mol. The van der Waals surface area contributed by atoms with Gasteiger partial charge < -0.3 is 20.7 Å². The summed E-state index contributed by atoms with van der Waals surface area (Å²) in [6.07, 6.45) is -0.543.